The fourth-order valence-electron chi connectivity index (χ4n) is 3.80. The number of aromatic nitrogens is 4. The molecule has 8 nitrogen and oxygen atoms in total. The Kier molecular flexibility index (Phi) is 8.04. The Labute approximate surface area is 223 Å². The summed E-state index contributed by atoms with van der Waals surface area (Å²) in [4.78, 5) is 25.2. The van der Waals surface area contributed by atoms with Crippen molar-refractivity contribution in [1.82, 2.24) is 19.7 Å². The van der Waals surface area contributed by atoms with Crippen LogP contribution in [0.5, 0.6) is 0 Å². The number of hydrogen-bond donors (Lipinski definition) is 0. The van der Waals surface area contributed by atoms with Crippen molar-refractivity contribution in [2.75, 3.05) is 4.61 Å². The van der Waals surface area contributed by atoms with Gasteiger partial charge >= 0.3 is 6.16 Å². The van der Waals surface area contributed by atoms with Gasteiger partial charge in [-0.2, -0.15) is 5.10 Å². The molecule has 4 rings (SSSR count). The summed E-state index contributed by atoms with van der Waals surface area (Å²) in [5.74, 6) is -2.34. The first kappa shape index (κ1) is 25.8. The Morgan fingerprint density at radius 3 is 2.69 bits per heavy atom. The summed E-state index contributed by atoms with van der Waals surface area (Å²) < 4.78 is 41.4. The molecular weight excluding hydrogens is 603 g/mol. The van der Waals surface area contributed by atoms with Gasteiger partial charge in [0.2, 0.25) is 0 Å². The van der Waals surface area contributed by atoms with E-state index in [2.05, 4.69) is 21.8 Å². The zero-order valence-electron chi connectivity index (χ0n) is 19.0. The number of carbonyl (C=O) groups is 1. The number of thiazole rings is 1. The van der Waals surface area contributed by atoms with E-state index >= 15 is 4.39 Å². The summed E-state index contributed by atoms with van der Waals surface area (Å²) in [5.41, 5.74) is 0.512. The highest BCUT2D eigenvalue weighted by Gasteiger charge is 2.47. The number of hydrogen-bond acceptors (Lipinski definition) is 8. The van der Waals surface area contributed by atoms with E-state index in [1.807, 2.05) is 52.2 Å². The van der Waals surface area contributed by atoms with Crippen molar-refractivity contribution in [1.29, 1.82) is 0 Å². The fraction of sp³-hybridized carbons (Fsp3) is 0.208. The first-order chi connectivity index (χ1) is 17.4. The molecule has 0 bridgehead atoms. The number of alkyl halides is 1. The molecule has 36 heavy (non-hydrogen) atoms. The van der Waals surface area contributed by atoms with Gasteiger partial charge < -0.3 is 9.47 Å². The molecule has 2 atom stereocenters. The molecule has 1 unspecified atom stereocenters. The maximum Gasteiger partial charge on any atom is 0.510 e. The Hall–Kier alpha value is -3.26. The van der Waals surface area contributed by atoms with Gasteiger partial charge in [0.05, 0.1) is 23.8 Å². The molecule has 2 aromatic heterocycles. The molecule has 0 aliphatic rings. The van der Waals surface area contributed by atoms with E-state index in [1.54, 1.807) is 6.92 Å². The molecule has 12 heteroatoms. The summed E-state index contributed by atoms with van der Waals surface area (Å²) in [6, 6.07) is 10.5. The molecule has 2 heterocycles. The van der Waals surface area contributed by atoms with Crippen molar-refractivity contribution >= 4 is 52.5 Å². The van der Waals surface area contributed by atoms with Crippen LogP contribution in [0.2, 0.25) is 0 Å². The molecule has 0 spiro atoms. The van der Waals surface area contributed by atoms with Gasteiger partial charge in [-0.3, -0.25) is 4.99 Å². The Morgan fingerprint density at radius 1 is 1.28 bits per heavy atom. The zero-order chi connectivity index (χ0) is 25.7. The maximum absolute atomic E-state index is 15.3. The van der Waals surface area contributed by atoms with Crippen LogP contribution in [0, 0.1) is 11.6 Å². The molecule has 0 N–H and O–H groups in total. The second kappa shape index (κ2) is 11.2. The van der Waals surface area contributed by atoms with Crippen molar-refractivity contribution in [3.05, 3.63) is 82.7 Å². The van der Waals surface area contributed by atoms with Gasteiger partial charge in [-0.05, 0) is 53.6 Å². The minimum atomic E-state index is -1.69. The largest absolute Gasteiger partial charge is 0.510 e. The van der Waals surface area contributed by atoms with Crippen molar-refractivity contribution in [3.63, 3.8) is 0 Å². The number of halogens is 3. The standard InChI is InChI=1S/C24H20F2IN5O3S/c1-15(22-31-21(10-36-22)16-3-6-18(28-2)7-4-16)24(35-23(33)34-12-27,11-32-14-29-13-30-32)19-8-5-17(25)9-20(19)26/h3-10,13-15H,2,11-12H2,1H3/t15-,24?/m0/s1. The average Bonchev–Trinajstić information content (AvgIpc) is 3.56. The summed E-state index contributed by atoms with van der Waals surface area (Å²) >= 11 is 3.17. The van der Waals surface area contributed by atoms with E-state index in [9.17, 15) is 9.18 Å². The second-order valence-corrected chi connectivity index (χ2v) is 9.22. The fourth-order valence-corrected chi connectivity index (χ4v) is 5.02. The summed E-state index contributed by atoms with van der Waals surface area (Å²) in [6.07, 6.45) is 1.71. The van der Waals surface area contributed by atoms with Crippen LogP contribution in [0.15, 0.2) is 65.5 Å². The normalized spacial score (nSPS) is 13.6. The van der Waals surface area contributed by atoms with Crippen LogP contribution < -0.4 is 0 Å². The van der Waals surface area contributed by atoms with Gasteiger partial charge in [-0.25, -0.2) is 28.2 Å². The number of aliphatic imine (C=N–C) groups is 1. The van der Waals surface area contributed by atoms with Crippen molar-refractivity contribution < 1.29 is 23.0 Å². The van der Waals surface area contributed by atoms with E-state index in [-0.39, 0.29) is 16.7 Å². The Morgan fingerprint density at radius 2 is 2.06 bits per heavy atom. The SMILES string of the molecule is C=Nc1ccc(-c2csc([C@H](C)C(Cn3cncn3)(OC(=O)OCI)c3ccc(F)cc3F)n2)cc1. The van der Waals surface area contributed by atoms with Crippen LogP contribution >= 0.6 is 33.9 Å². The number of carbonyl (C=O) groups excluding carboxylic acids is 1. The minimum absolute atomic E-state index is 0.0211. The third kappa shape index (κ3) is 5.43. The second-order valence-electron chi connectivity index (χ2n) is 7.71. The molecule has 0 radical (unpaired) electrons. The molecule has 0 saturated carbocycles. The summed E-state index contributed by atoms with van der Waals surface area (Å²) in [5, 5.41) is 6.53. The number of rotatable bonds is 9. The molecule has 0 aliphatic heterocycles. The molecular formula is C24H20F2IN5O3S. The lowest BCUT2D eigenvalue weighted by atomic mass is 9.81. The number of ether oxygens (including phenoxy) is 2. The van der Waals surface area contributed by atoms with Gasteiger partial charge in [0.1, 0.15) is 33.9 Å². The zero-order valence-corrected chi connectivity index (χ0v) is 21.9. The topological polar surface area (TPSA) is 91.5 Å². The monoisotopic (exact) mass is 623 g/mol. The highest BCUT2D eigenvalue weighted by Crippen LogP contribution is 2.45. The lowest BCUT2D eigenvalue weighted by Crippen LogP contribution is -2.43. The van der Waals surface area contributed by atoms with Crippen LogP contribution in [-0.4, -0.2) is 37.2 Å². The highest BCUT2D eigenvalue weighted by atomic mass is 127. The minimum Gasteiger partial charge on any atom is -0.424 e. The Bertz CT molecular complexity index is 1350. The van der Waals surface area contributed by atoms with E-state index < -0.39 is 29.3 Å². The summed E-state index contributed by atoms with van der Waals surface area (Å²) in [7, 11) is 0. The average molecular weight is 623 g/mol. The first-order valence-corrected chi connectivity index (χ1v) is 13.0. The van der Waals surface area contributed by atoms with Gasteiger partial charge in [-0.1, -0.05) is 19.1 Å². The van der Waals surface area contributed by atoms with Crippen LogP contribution in [0.25, 0.3) is 11.3 Å². The van der Waals surface area contributed by atoms with Gasteiger partial charge in [-0.15, -0.1) is 11.3 Å². The van der Waals surface area contributed by atoms with E-state index in [1.165, 1.54) is 34.7 Å². The Balaban J connectivity index is 1.83. The van der Waals surface area contributed by atoms with Crippen molar-refractivity contribution in [3.8, 4) is 11.3 Å². The third-order valence-corrected chi connectivity index (χ3v) is 6.96. The highest BCUT2D eigenvalue weighted by molar-refractivity contribution is 14.1. The van der Waals surface area contributed by atoms with E-state index in [4.69, 9.17) is 14.5 Å². The van der Waals surface area contributed by atoms with Crippen molar-refractivity contribution in [2.24, 2.45) is 4.99 Å². The van der Waals surface area contributed by atoms with Crippen LogP contribution in [0.1, 0.15) is 23.4 Å². The van der Waals surface area contributed by atoms with Gasteiger partial charge in [0.15, 0.2) is 5.60 Å². The van der Waals surface area contributed by atoms with Crippen LogP contribution in [0.4, 0.5) is 19.3 Å². The molecule has 186 valence electrons. The molecule has 2 aromatic carbocycles. The van der Waals surface area contributed by atoms with Gasteiger partial charge in [0, 0.05) is 22.6 Å². The van der Waals surface area contributed by atoms with Crippen molar-refractivity contribution in [2.45, 2.75) is 25.0 Å². The molecule has 0 amide bonds. The van der Waals surface area contributed by atoms with Crippen LogP contribution in [0.3, 0.4) is 0 Å². The lowest BCUT2D eigenvalue weighted by molar-refractivity contribution is -0.0610. The lowest BCUT2D eigenvalue weighted by Gasteiger charge is -2.37. The first-order valence-electron chi connectivity index (χ1n) is 10.6. The molecule has 0 aliphatic carbocycles. The quantitative estimate of drug-likeness (QED) is 0.0947. The third-order valence-electron chi connectivity index (χ3n) is 5.63. The number of nitrogens with zero attached hydrogens (tertiary/aromatic N) is 5. The van der Waals surface area contributed by atoms with Gasteiger partial charge in [0.25, 0.3) is 0 Å². The van der Waals surface area contributed by atoms with E-state index in [0.29, 0.717) is 10.7 Å². The molecule has 4 aromatic rings. The van der Waals surface area contributed by atoms with E-state index in [0.717, 1.165) is 23.4 Å². The molecule has 0 saturated heterocycles. The molecule has 0 fully saturated rings. The predicted molar refractivity (Wildman–Crippen MR) is 140 cm³/mol. The predicted octanol–water partition coefficient (Wildman–Crippen LogP) is 6.26. The van der Waals surface area contributed by atoms with Crippen LogP contribution in [-0.2, 0) is 21.6 Å². The number of benzene rings is 2. The maximum atomic E-state index is 15.3. The summed E-state index contributed by atoms with van der Waals surface area (Å²) in [6.45, 7) is 5.15. The smallest absolute Gasteiger partial charge is 0.424 e.